The van der Waals surface area contributed by atoms with E-state index in [9.17, 15) is 0 Å². The summed E-state index contributed by atoms with van der Waals surface area (Å²) >= 11 is 0. The van der Waals surface area contributed by atoms with E-state index in [4.69, 9.17) is 14.4 Å². The van der Waals surface area contributed by atoms with Crippen LogP contribution in [0.2, 0.25) is 0 Å². The molecule has 3 nitrogen and oxygen atoms in total. The van der Waals surface area contributed by atoms with Crippen molar-refractivity contribution in [3.8, 4) is 22.4 Å². The summed E-state index contributed by atoms with van der Waals surface area (Å²) in [6.45, 7) is 13.5. The van der Waals surface area contributed by atoms with E-state index in [1.807, 2.05) is 12.3 Å². The first-order valence-electron chi connectivity index (χ1n) is 13.2. The lowest BCUT2D eigenvalue weighted by molar-refractivity contribution is 0.331. The summed E-state index contributed by atoms with van der Waals surface area (Å²) in [5, 5.41) is 2.18. The number of benzene rings is 2. The van der Waals surface area contributed by atoms with E-state index in [0.717, 1.165) is 51.7 Å². The second kappa shape index (κ2) is 8.30. The van der Waals surface area contributed by atoms with Crippen LogP contribution in [0.3, 0.4) is 0 Å². The van der Waals surface area contributed by atoms with Crippen molar-refractivity contribution in [2.75, 3.05) is 0 Å². The molecule has 1 aliphatic carbocycles. The first kappa shape index (κ1) is 23.0. The van der Waals surface area contributed by atoms with Gasteiger partial charge in [-0.15, -0.1) is 0 Å². The Morgan fingerprint density at radius 1 is 0.833 bits per heavy atom. The van der Waals surface area contributed by atoms with Gasteiger partial charge in [0, 0.05) is 33.5 Å². The largest absolute Gasteiger partial charge is 0.437 e. The highest BCUT2D eigenvalue weighted by atomic mass is 16.3. The van der Waals surface area contributed by atoms with Gasteiger partial charge in [-0.3, -0.25) is 4.98 Å². The number of hydrogen-bond donors (Lipinski definition) is 0. The molecule has 1 aliphatic rings. The second-order valence-electron chi connectivity index (χ2n) is 11.5. The number of aromatic nitrogens is 2. The highest BCUT2D eigenvalue weighted by Crippen LogP contribution is 2.55. The summed E-state index contributed by atoms with van der Waals surface area (Å²) in [7, 11) is 0. The summed E-state index contributed by atoms with van der Waals surface area (Å²) in [4.78, 5) is 10.1. The Kier molecular flexibility index (Phi) is 5.29. The standard InChI is InChI=1S/C33H34N2O/c1-19(2)17-33(18-20(3)4)27-10-8-7-9-23(27)25-16-26-24-12-11-22(6)29(28-15-21(5)13-14-34-28)30(24)36-32(26)35-31(25)33/h7-16,19-20H,17-18H2,1-6H3. The monoisotopic (exact) mass is 474 g/mol. The van der Waals surface area contributed by atoms with Crippen LogP contribution in [0.1, 0.15) is 62.9 Å². The molecule has 3 heterocycles. The predicted molar refractivity (Wildman–Crippen MR) is 149 cm³/mol. The van der Waals surface area contributed by atoms with Gasteiger partial charge >= 0.3 is 0 Å². The normalized spacial score (nSPS) is 14.2. The summed E-state index contributed by atoms with van der Waals surface area (Å²) in [6, 6.07) is 19.8. The maximum absolute atomic E-state index is 6.63. The minimum atomic E-state index is -0.0989. The zero-order valence-electron chi connectivity index (χ0n) is 22.1. The van der Waals surface area contributed by atoms with Crippen LogP contribution in [0, 0.1) is 25.7 Å². The molecule has 0 unspecified atom stereocenters. The van der Waals surface area contributed by atoms with E-state index in [0.29, 0.717) is 11.8 Å². The van der Waals surface area contributed by atoms with Gasteiger partial charge in [-0.25, -0.2) is 4.98 Å². The molecule has 0 radical (unpaired) electrons. The van der Waals surface area contributed by atoms with Gasteiger partial charge in [0.1, 0.15) is 5.58 Å². The van der Waals surface area contributed by atoms with Crippen LogP contribution in [-0.4, -0.2) is 9.97 Å². The lowest BCUT2D eigenvalue weighted by Crippen LogP contribution is -2.30. The van der Waals surface area contributed by atoms with Crippen LogP contribution in [0.4, 0.5) is 0 Å². The van der Waals surface area contributed by atoms with Gasteiger partial charge in [0.2, 0.25) is 5.71 Å². The van der Waals surface area contributed by atoms with Crippen molar-refractivity contribution >= 4 is 22.1 Å². The van der Waals surface area contributed by atoms with Gasteiger partial charge in [-0.1, -0.05) is 64.1 Å². The molecule has 0 N–H and O–H groups in total. The third kappa shape index (κ3) is 3.40. The van der Waals surface area contributed by atoms with Crippen molar-refractivity contribution in [1.82, 2.24) is 9.97 Å². The molecule has 0 saturated carbocycles. The molecule has 3 heteroatoms. The minimum Gasteiger partial charge on any atom is -0.437 e. The molecule has 36 heavy (non-hydrogen) atoms. The molecule has 0 aliphatic heterocycles. The molecular formula is C33H34N2O. The van der Waals surface area contributed by atoms with E-state index >= 15 is 0 Å². The Balaban J connectivity index is 1.67. The Bertz CT molecular complexity index is 1610. The van der Waals surface area contributed by atoms with Crippen molar-refractivity contribution < 1.29 is 4.42 Å². The van der Waals surface area contributed by atoms with Gasteiger partial charge in [0.25, 0.3) is 0 Å². The van der Waals surface area contributed by atoms with Crippen LogP contribution in [-0.2, 0) is 5.41 Å². The number of furan rings is 1. The summed E-state index contributed by atoms with van der Waals surface area (Å²) in [5.74, 6) is 1.11. The number of fused-ring (bicyclic) bond motifs is 6. The molecular weight excluding hydrogens is 440 g/mol. The Hall–Kier alpha value is -3.46. The maximum Gasteiger partial charge on any atom is 0.227 e. The summed E-state index contributed by atoms with van der Waals surface area (Å²) in [5.41, 5.74) is 11.1. The van der Waals surface area contributed by atoms with Crippen molar-refractivity contribution in [3.63, 3.8) is 0 Å². The van der Waals surface area contributed by atoms with Gasteiger partial charge in [0.15, 0.2) is 0 Å². The first-order chi connectivity index (χ1) is 17.3. The molecule has 6 rings (SSSR count). The van der Waals surface area contributed by atoms with Crippen molar-refractivity contribution in [1.29, 1.82) is 0 Å². The fourth-order valence-electron chi connectivity index (χ4n) is 6.58. The number of rotatable bonds is 5. The SMILES string of the molecule is Cc1ccnc(-c2c(C)ccc3c2oc2nc4c(cc23)-c2ccccc2C4(CC(C)C)CC(C)C)c1. The van der Waals surface area contributed by atoms with E-state index in [2.05, 4.69) is 90.1 Å². The quantitative estimate of drug-likeness (QED) is 0.255. The highest BCUT2D eigenvalue weighted by Gasteiger charge is 2.45. The lowest BCUT2D eigenvalue weighted by atomic mass is 9.69. The van der Waals surface area contributed by atoms with Gasteiger partial charge in [-0.05, 0) is 79.0 Å². The van der Waals surface area contributed by atoms with E-state index < -0.39 is 0 Å². The second-order valence-corrected chi connectivity index (χ2v) is 11.5. The third-order valence-electron chi connectivity index (χ3n) is 7.71. The molecule has 0 fully saturated rings. The molecule has 0 saturated heterocycles. The zero-order chi connectivity index (χ0) is 25.2. The molecule has 182 valence electrons. The van der Waals surface area contributed by atoms with Gasteiger partial charge in [0.05, 0.1) is 11.4 Å². The molecule has 3 aromatic heterocycles. The molecule has 2 aromatic carbocycles. The lowest BCUT2D eigenvalue weighted by Gasteiger charge is -2.34. The minimum absolute atomic E-state index is 0.0989. The van der Waals surface area contributed by atoms with E-state index in [1.54, 1.807) is 0 Å². The van der Waals surface area contributed by atoms with Crippen LogP contribution < -0.4 is 0 Å². The molecule has 5 aromatic rings. The average Bonchev–Trinajstić information content (AvgIpc) is 3.30. The zero-order valence-corrected chi connectivity index (χ0v) is 22.1. The predicted octanol–water partition coefficient (Wildman–Crippen LogP) is 9.02. The number of nitrogens with zero attached hydrogens (tertiary/aromatic N) is 2. The van der Waals surface area contributed by atoms with Crippen LogP contribution in [0.25, 0.3) is 44.5 Å². The molecule has 0 bridgehead atoms. The van der Waals surface area contributed by atoms with Crippen LogP contribution in [0.15, 0.2) is 65.2 Å². The fraction of sp³-hybridized carbons (Fsp3) is 0.333. The van der Waals surface area contributed by atoms with E-state index in [-0.39, 0.29) is 5.41 Å². The third-order valence-corrected chi connectivity index (χ3v) is 7.71. The van der Waals surface area contributed by atoms with Gasteiger partial charge < -0.3 is 4.42 Å². The first-order valence-corrected chi connectivity index (χ1v) is 13.2. The number of aryl methyl sites for hydroxylation is 2. The number of hydrogen-bond acceptors (Lipinski definition) is 3. The van der Waals surface area contributed by atoms with Crippen molar-refractivity contribution in [2.45, 2.75) is 59.8 Å². The fourth-order valence-corrected chi connectivity index (χ4v) is 6.58. The average molecular weight is 475 g/mol. The van der Waals surface area contributed by atoms with Crippen LogP contribution >= 0.6 is 0 Å². The molecule has 0 spiro atoms. The molecule has 0 atom stereocenters. The smallest absolute Gasteiger partial charge is 0.227 e. The Labute approximate surface area is 213 Å². The maximum atomic E-state index is 6.63. The topological polar surface area (TPSA) is 38.9 Å². The Morgan fingerprint density at radius 3 is 2.31 bits per heavy atom. The van der Waals surface area contributed by atoms with Crippen molar-refractivity contribution in [3.05, 3.63) is 83.2 Å². The number of pyridine rings is 2. The highest BCUT2D eigenvalue weighted by molar-refractivity contribution is 6.10. The van der Waals surface area contributed by atoms with E-state index in [1.165, 1.54) is 27.9 Å². The van der Waals surface area contributed by atoms with Crippen LogP contribution in [0.5, 0.6) is 0 Å². The Morgan fingerprint density at radius 2 is 1.58 bits per heavy atom. The van der Waals surface area contributed by atoms with Crippen molar-refractivity contribution in [2.24, 2.45) is 11.8 Å². The summed E-state index contributed by atoms with van der Waals surface area (Å²) in [6.07, 6.45) is 4.03. The summed E-state index contributed by atoms with van der Waals surface area (Å²) < 4.78 is 6.63. The molecule has 0 amide bonds. The van der Waals surface area contributed by atoms with Gasteiger partial charge in [-0.2, -0.15) is 0 Å².